The summed E-state index contributed by atoms with van der Waals surface area (Å²) < 4.78 is 39.3. The van der Waals surface area contributed by atoms with Crippen molar-refractivity contribution in [3.63, 3.8) is 0 Å². The van der Waals surface area contributed by atoms with Gasteiger partial charge in [0.15, 0.2) is 0 Å². The summed E-state index contributed by atoms with van der Waals surface area (Å²) in [6, 6.07) is 2.63. The molecule has 1 aliphatic carbocycles. The van der Waals surface area contributed by atoms with E-state index in [1.807, 2.05) is 0 Å². The van der Waals surface area contributed by atoms with Crippen LogP contribution in [0.2, 0.25) is 0 Å². The maximum Gasteiger partial charge on any atom is 0.393 e. The summed E-state index contributed by atoms with van der Waals surface area (Å²) in [7, 11) is 0. The molecule has 0 spiro atoms. The molecule has 1 aromatic heterocycles. The average Bonchev–Trinajstić information content (AvgIpc) is 3.05. The minimum atomic E-state index is -4.30. The van der Waals surface area contributed by atoms with Crippen LogP contribution in [0, 0.1) is 5.92 Å². The molecule has 0 bridgehead atoms. The standard InChI is InChI=1S/C16H18F3N3O2/c17-16(18,19)11-5-1-2-6-12(11)21-15(23)14-8-13(22-24-14)10-4-3-7-20-9-10/h3-4,7,9,11-12,14H,1-2,5-6,8H2,(H,21,23)/t11-,12-,14-/m1/s1. The van der Waals surface area contributed by atoms with Crippen LogP contribution in [0.1, 0.15) is 37.7 Å². The Morgan fingerprint density at radius 3 is 2.79 bits per heavy atom. The van der Waals surface area contributed by atoms with Crippen molar-refractivity contribution in [2.24, 2.45) is 11.1 Å². The molecule has 0 unspecified atom stereocenters. The number of alkyl halides is 3. The van der Waals surface area contributed by atoms with Crippen molar-refractivity contribution >= 4 is 11.6 Å². The van der Waals surface area contributed by atoms with Crippen LogP contribution in [0.5, 0.6) is 0 Å². The number of halogens is 3. The summed E-state index contributed by atoms with van der Waals surface area (Å²) >= 11 is 0. The van der Waals surface area contributed by atoms with Crippen LogP contribution >= 0.6 is 0 Å². The minimum Gasteiger partial charge on any atom is -0.382 e. The van der Waals surface area contributed by atoms with Gasteiger partial charge in [-0.15, -0.1) is 0 Å². The number of hydrogen-bond acceptors (Lipinski definition) is 4. The Morgan fingerprint density at radius 2 is 2.08 bits per heavy atom. The lowest BCUT2D eigenvalue weighted by atomic mass is 9.84. The summed E-state index contributed by atoms with van der Waals surface area (Å²) in [5.74, 6) is -2.03. The Bertz CT molecular complexity index is 619. The summed E-state index contributed by atoms with van der Waals surface area (Å²) in [4.78, 5) is 21.3. The lowest BCUT2D eigenvalue weighted by molar-refractivity contribution is -0.189. The van der Waals surface area contributed by atoms with Gasteiger partial charge in [0.1, 0.15) is 0 Å². The van der Waals surface area contributed by atoms with Gasteiger partial charge in [0.2, 0.25) is 6.10 Å². The fourth-order valence-corrected chi connectivity index (χ4v) is 3.19. The van der Waals surface area contributed by atoms with Crippen molar-refractivity contribution in [3.05, 3.63) is 30.1 Å². The number of hydrogen-bond donors (Lipinski definition) is 1. The van der Waals surface area contributed by atoms with Gasteiger partial charge < -0.3 is 10.2 Å². The van der Waals surface area contributed by atoms with E-state index < -0.39 is 30.1 Å². The second-order valence-electron chi connectivity index (χ2n) is 6.13. The van der Waals surface area contributed by atoms with E-state index in [1.165, 1.54) is 0 Å². The van der Waals surface area contributed by atoms with Gasteiger partial charge in [0, 0.05) is 30.4 Å². The molecule has 130 valence electrons. The molecular weight excluding hydrogens is 323 g/mol. The molecule has 8 heteroatoms. The maximum atomic E-state index is 13.1. The first-order valence-electron chi connectivity index (χ1n) is 7.95. The van der Waals surface area contributed by atoms with Gasteiger partial charge in [-0.2, -0.15) is 13.2 Å². The molecular formula is C16H18F3N3O2. The number of nitrogens with zero attached hydrogens (tertiary/aromatic N) is 2. The molecule has 1 amide bonds. The topological polar surface area (TPSA) is 63.6 Å². The summed E-state index contributed by atoms with van der Waals surface area (Å²) in [5, 5.41) is 6.38. The smallest absolute Gasteiger partial charge is 0.382 e. The Morgan fingerprint density at radius 1 is 1.29 bits per heavy atom. The van der Waals surface area contributed by atoms with Gasteiger partial charge in [-0.3, -0.25) is 9.78 Å². The van der Waals surface area contributed by atoms with Crippen molar-refractivity contribution in [1.29, 1.82) is 0 Å². The SMILES string of the molecule is O=C(N[C@@H]1CCCC[C@H]1C(F)(F)F)[C@H]1CC(c2cccnc2)=NO1. The maximum absolute atomic E-state index is 13.1. The molecule has 2 aliphatic rings. The molecule has 1 N–H and O–H groups in total. The molecule has 1 fully saturated rings. The van der Waals surface area contributed by atoms with E-state index in [9.17, 15) is 18.0 Å². The second kappa shape index (κ2) is 6.78. The Hall–Kier alpha value is -2.12. The highest BCUT2D eigenvalue weighted by Gasteiger charge is 2.46. The first-order chi connectivity index (χ1) is 11.4. The van der Waals surface area contributed by atoms with Gasteiger partial charge in [0.05, 0.1) is 11.6 Å². The number of carbonyl (C=O) groups excluding carboxylic acids is 1. The van der Waals surface area contributed by atoms with Gasteiger partial charge in [-0.1, -0.05) is 18.0 Å². The number of amides is 1. The molecule has 3 rings (SSSR count). The Labute approximate surface area is 137 Å². The predicted octanol–water partition coefficient (Wildman–Crippen LogP) is 2.81. The number of pyridine rings is 1. The quantitative estimate of drug-likeness (QED) is 0.919. The molecule has 2 heterocycles. The van der Waals surface area contributed by atoms with Crippen LogP contribution in [0.3, 0.4) is 0 Å². The van der Waals surface area contributed by atoms with Gasteiger partial charge >= 0.3 is 6.18 Å². The molecule has 0 radical (unpaired) electrons. The molecule has 0 aromatic carbocycles. The van der Waals surface area contributed by atoms with Crippen LogP contribution in [0.25, 0.3) is 0 Å². The third-order valence-electron chi connectivity index (χ3n) is 4.47. The molecule has 1 saturated carbocycles. The number of nitrogens with one attached hydrogen (secondary N) is 1. The molecule has 1 aromatic rings. The van der Waals surface area contributed by atoms with Gasteiger partial charge in [-0.25, -0.2) is 0 Å². The van der Waals surface area contributed by atoms with E-state index in [0.717, 1.165) is 5.56 Å². The zero-order valence-corrected chi connectivity index (χ0v) is 12.9. The molecule has 1 aliphatic heterocycles. The first-order valence-corrected chi connectivity index (χ1v) is 7.95. The second-order valence-corrected chi connectivity index (χ2v) is 6.13. The van der Waals surface area contributed by atoms with E-state index in [2.05, 4.69) is 15.5 Å². The fourth-order valence-electron chi connectivity index (χ4n) is 3.19. The highest BCUT2D eigenvalue weighted by molar-refractivity contribution is 6.03. The van der Waals surface area contributed by atoms with E-state index in [1.54, 1.807) is 24.5 Å². The van der Waals surface area contributed by atoms with Crippen LogP contribution < -0.4 is 5.32 Å². The normalized spacial score (nSPS) is 27.3. The number of carbonyl (C=O) groups is 1. The van der Waals surface area contributed by atoms with Crippen LogP contribution in [-0.2, 0) is 9.63 Å². The van der Waals surface area contributed by atoms with E-state index in [4.69, 9.17) is 4.84 Å². The average molecular weight is 341 g/mol. The largest absolute Gasteiger partial charge is 0.393 e. The van der Waals surface area contributed by atoms with Crippen molar-refractivity contribution in [1.82, 2.24) is 10.3 Å². The minimum absolute atomic E-state index is 0.0530. The molecule has 3 atom stereocenters. The molecule has 0 saturated heterocycles. The predicted molar refractivity (Wildman–Crippen MR) is 80.2 cm³/mol. The third kappa shape index (κ3) is 3.68. The van der Waals surface area contributed by atoms with E-state index in [-0.39, 0.29) is 12.8 Å². The van der Waals surface area contributed by atoms with Crippen LogP contribution in [0.15, 0.2) is 29.7 Å². The highest BCUT2D eigenvalue weighted by atomic mass is 19.4. The third-order valence-corrected chi connectivity index (χ3v) is 4.47. The van der Waals surface area contributed by atoms with E-state index >= 15 is 0 Å². The lowest BCUT2D eigenvalue weighted by Crippen LogP contribution is -2.50. The molecule has 5 nitrogen and oxygen atoms in total. The Kier molecular flexibility index (Phi) is 4.73. The monoisotopic (exact) mass is 341 g/mol. The Balaban J connectivity index is 1.60. The van der Waals surface area contributed by atoms with Crippen molar-refractivity contribution in [3.8, 4) is 0 Å². The zero-order valence-electron chi connectivity index (χ0n) is 12.9. The van der Waals surface area contributed by atoms with Crippen molar-refractivity contribution in [2.45, 2.75) is 50.4 Å². The number of rotatable bonds is 3. The van der Waals surface area contributed by atoms with Crippen LogP contribution in [0.4, 0.5) is 13.2 Å². The highest BCUT2D eigenvalue weighted by Crippen LogP contribution is 2.37. The van der Waals surface area contributed by atoms with Crippen LogP contribution in [-0.4, -0.2) is 34.9 Å². The van der Waals surface area contributed by atoms with E-state index in [0.29, 0.717) is 25.0 Å². The van der Waals surface area contributed by atoms with Gasteiger partial charge in [0.25, 0.3) is 5.91 Å². The summed E-state index contributed by atoms with van der Waals surface area (Å²) in [6.07, 6.45) is -0.154. The summed E-state index contributed by atoms with van der Waals surface area (Å²) in [5.41, 5.74) is 1.30. The first kappa shape index (κ1) is 16.7. The number of oxime groups is 1. The molecule has 24 heavy (non-hydrogen) atoms. The summed E-state index contributed by atoms with van der Waals surface area (Å²) in [6.45, 7) is 0. The van der Waals surface area contributed by atoms with Gasteiger partial charge in [-0.05, 0) is 25.0 Å². The zero-order chi connectivity index (χ0) is 17.2. The van der Waals surface area contributed by atoms with Crippen molar-refractivity contribution < 1.29 is 22.8 Å². The lowest BCUT2D eigenvalue weighted by Gasteiger charge is -2.33. The fraction of sp³-hybridized carbons (Fsp3) is 0.562. The van der Waals surface area contributed by atoms with Crippen molar-refractivity contribution in [2.75, 3.05) is 0 Å². The number of aromatic nitrogens is 1.